The quantitative estimate of drug-likeness (QED) is 0.694. The first-order valence-corrected chi connectivity index (χ1v) is 6.80. The molecule has 1 N–H and O–H groups in total. The number of benzene rings is 2. The van der Waals surface area contributed by atoms with E-state index in [2.05, 4.69) is 0 Å². The number of fused-ring (bicyclic) bond motifs is 1. The van der Waals surface area contributed by atoms with Crippen LogP contribution < -0.4 is 4.74 Å². The lowest BCUT2D eigenvalue weighted by Gasteiger charge is -2.11. The van der Waals surface area contributed by atoms with Crippen LogP contribution in [0.25, 0.3) is 0 Å². The summed E-state index contributed by atoms with van der Waals surface area (Å²) in [5.74, 6) is -0.387. The van der Waals surface area contributed by atoms with Crippen molar-refractivity contribution in [2.75, 3.05) is 7.11 Å². The van der Waals surface area contributed by atoms with E-state index >= 15 is 0 Å². The highest BCUT2D eigenvalue weighted by Crippen LogP contribution is 2.35. The van der Waals surface area contributed by atoms with E-state index in [-0.39, 0.29) is 23.5 Å². The van der Waals surface area contributed by atoms with E-state index in [0.29, 0.717) is 16.9 Å². The fourth-order valence-corrected chi connectivity index (χ4v) is 2.52. The standard InChI is InChI=1S/C17H14O5/c1-21-10-6-7-14(18)13(8-10)15(19)9-16-11-4-2-3-5-12(11)17(20)22-16/h2-8,16,18H,9H2,1H3. The van der Waals surface area contributed by atoms with Crippen molar-refractivity contribution < 1.29 is 24.2 Å². The number of esters is 1. The number of methoxy groups -OCH3 is 1. The van der Waals surface area contributed by atoms with Crippen molar-refractivity contribution in [2.24, 2.45) is 0 Å². The lowest BCUT2D eigenvalue weighted by molar-refractivity contribution is 0.0367. The molecule has 3 rings (SSSR count). The van der Waals surface area contributed by atoms with Gasteiger partial charge in [-0.25, -0.2) is 4.79 Å². The van der Waals surface area contributed by atoms with Crippen molar-refractivity contribution in [1.82, 2.24) is 0 Å². The second-order valence-corrected chi connectivity index (χ2v) is 4.99. The molecular weight excluding hydrogens is 284 g/mol. The van der Waals surface area contributed by atoms with E-state index in [1.807, 2.05) is 0 Å². The van der Waals surface area contributed by atoms with Crippen LogP contribution in [0.15, 0.2) is 42.5 Å². The smallest absolute Gasteiger partial charge is 0.339 e. The summed E-state index contributed by atoms with van der Waals surface area (Å²) >= 11 is 0. The number of ether oxygens (including phenoxy) is 2. The number of ketones is 1. The molecule has 1 heterocycles. The second kappa shape index (κ2) is 5.52. The summed E-state index contributed by atoms with van der Waals surface area (Å²) in [5.41, 5.74) is 1.33. The van der Waals surface area contributed by atoms with Gasteiger partial charge in [-0.05, 0) is 24.3 Å². The normalized spacial score (nSPS) is 16.0. The van der Waals surface area contributed by atoms with Crippen LogP contribution in [0, 0.1) is 0 Å². The van der Waals surface area contributed by atoms with Crippen molar-refractivity contribution in [1.29, 1.82) is 0 Å². The first-order chi connectivity index (χ1) is 10.6. The first kappa shape index (κ1) is 14.1. The van der Waals surface area contributed by atoms with Gasteiger partial charge < -0.3 is 14.6 Å². The topological polar surface area (TPSA) is 72.8 Å². The van der Waals surface area contributed by atoms with Crippen molar-refractivity contribution in [3.05, 3.63) is 59.2 Å². The highest BCUT2D eigenvalue weighted by atomic mass is 16.5. The number of hydrogen-bond donors (Lipinski definition) is 1. The molecular formula is C17H14O5. The molecule has 22 heavy (non-hydrogen) atoms. The van der Waals surface area contributed by atoms with Gasteiger partial charge in [0.25, 0.3) is 0 Å². The Bertz CT molecular complexity index is 750. The SMILES string of the molecule is COc1ccc(O)c(C(=O)CC2OC(=O)c3ccccc32)c1. The predicted octanol–water partition coefficient (Wildman–Crippen LogP) is 2.89. The number of aromatic hydroxyl groups is 1. The van der Waals surface area contributed by atoms with Crippen LogP contribution in [-0.4, -0.2) is 24.0 Å². The van der Waals surface area contributed by atoms with E-state index in [0.717, 1.165) is 0 Å². The van der Waals surface area contributed by atoms with Crippen molar-refractivity contribution >= 4 is 11.8 Å². The molecule has 1 aliphatic heterocycles. The Balaban J connectivity index is 1.86. The Labute approximate surface area is 127 Å². The van der Waals surface area contributed by atoms with E-state index in [1.165, 1.54) is 19.2 Å². The van der Waals surface area contributed by atoms with Gasteiger partial charge in [0.1, 0.15) is 17.6 Å². The van der Waals surface area contributed by atoms with Gasteiger partial charge in [0.2, 0.25) is 0 Å². The molecule has 5 heteroatoms. The Morgan fingerprint density at radius 1 is 1.27 bits per heavy atom. The molecule has 0 aliphatic carbocycles. The number of carbonyl (C=O) groups is 2. The maximum atomic E-state index is 12.4. The van der Waals surface area contributed by atoms with Crippen LogP contribution >= 0.6 is 0 Å². The van der Waals surface area contributed by atoms with E-state index in [1.54, 1.807) is 30.3 Å². The minimum atomic E-state index is -0.623. The molecule has 2 aromatic rings. The molecule has 2 aromatic carbocycles. The average molecular weight is 298 g/mol. The molecule has 0 spiro atoms. The lowest BCUT2D eigenvalue weighted by atomic mass is 9.98. The molecule has 1 aliphatic rings. The Kier molecular flexibility index (Phi) is 3.55. The van der Waals surface area contributed by atoms with E-state index in [4.69, 9.17) is 9.47 Å². The minimum absolute atomic E-state index is 0.0243. The van der Waals surface area contributed by atoms with Crippen LogP contribution in [0.1, 0.15) is 38.8 Å². The third-order valence-electron chi connectivity index (χ3n) is 3.65. The van der Waals surface area contributed by atoms with Gasteiger partial charge in [-0.3, -0.25) is 4.79 Å². The number of cyclic esters (lactones) is 1. The molecule has 0 saturated carbocycles. The number of Topliss-reactive ketones (excluding diaryl/α,β-unsaturated/α-hetero) is 1. The molecule has 0 bridgehead atoms. The number of rotatable bonds is 4. The minimum Gasteiger partial charge on any atom is -0.507 e. The predicted molar refractivity (Wildman–Crippen MR) is 78.2 cm³/mol. The molecule has 5 nitrogen and oxygen atoms in total. The van der Waals surface area contributed by atoms with Crippen LogP contribution in [0.4, 0.5) is 0 Å². The summed E-state index contributed by atoms with van der Waals surface area (Å²) in [6.45, 7) is 0. The third-order valence-corrected chi connectivity index (χ3v) is 3.65. The Hall–Kier alpha value is -2.82. The monoisotopic (exact) mass is 298 g/mol. The summed E-state index contributed by atoms with van der Waals surface area (Å²) in [5, 5.41) is 9.84. The number of phenolic OH excluding ortho intramolecular Hbond substituents is 1. The molecule has 1 atom stereocenters. The molecule has 0 amide bonds. The summed E-state index contributed by atoms with van der Waals surface area (Å²) < 4.78 is 10.3. The Morgan fingerprint density at radius 3 is 2.82 bits per heavy atom. The average Bonchev–Trinajstić information content (AvgIpc) is 2.84. The van der Waals surface area contributed by atoms with Crippen LogP contribution in [0.3, 0.4) is 0 Å². The molecule has 1 unspecified atom stereocenters. The fourth-order valence-electron chi connectivity index (χ4n) is 2.52. The molecule has 0 fully saturated rings. The molecule has 0 radical (unpaired) electrons. The molecule has 0 aromatic heterocycles. The van der Waals surface area contributed by atoms with Gasteiger partial charge in [-0.1, -0.05) is 18.2 Å². The summed E-state index contributed by atoms with van der Waals surface area (Å²) in [6.07, 6.45) is -0.648. The lowest BCUT2D eigenvalue weighted by Crippen LogP contribution is -2.08. The number of hydrogen-bond acceptors (Lipinski definition) is 5. The van der Waals surface area contributed by atoms with Crippen LogP contribution in [0.2, 0.25) is 0 Å². The van der Waals surface area contributed by atoms with Gasteiger partial charge in [0.15, 0.2) is 5.78 Å². The first-order valence-electron chi connectivity index (χ1n) is 6.80. The fraction of sp³-hybridized carbons (Fsp3) is 0.176. The highest BCUT2D eigenvalue weighted by Gasteiger charge is 2.32. The zero-order chi connectivity index (χ0) is 15.7. The summed E-state index contributed by atoms with van der Waals surface area (Å²) in [4.78, 5) is 24.2. The molecule has 0 saturated heterocycles. The maximum Gasteiger partial charge on any atom is 0.339 e. The van der Waals surface area contributed by atoms with Gasteiger partial charge in [-0.15, -0.1) is 0 Å². The van der Waals surface area contributed by atoms with E-state index < -0.39 is 12.1 Å². The maximum absolute atomic E-state index is 12.4. The van der Waals surface area contributed by atoms with E-state index in [9.17, 15) is 14.7 Å². The third kappa shape index (κ3) is 2.41. The zero-order valence-electron chi connectivity index (χ0n) is 11.9. The van der Waals surface area contributed by atoms with Gasteiger partial charge in [0, 0.05) is 5.56 Å². The summed E-state index contributed by atoms with van der Waals surface area (Å²) in [6, 6.07) is 11.4. The zero-order valence-corrected chi connectivity index (χ0v) is 11.9. The van der Waals surface area contributed by atoms with Crippen LogP contribution in [-0.2, 0) is 4.74 Å². The largest absolute Gasteiger partial charge is 0.507 e. The van der Waals surface area contributed by atoms with Gasteiger partial charge >= 0.3 is 5.97 Å². The Morgan fingerprint density at radius 2 is 2.05 bits per heavy atom. The van der Waals surface area contributed by atoms with Crippen LogP contribution in [0.5, 0.6) is 11.5 Å². The van der Waals surface area contributed by atoms with Gasteiger partial charge in [0.05, 0.1) is 24.7 Å². The van der Waals surface area contributed by atoms with Crippen molar-refractivity contribution in [3.63, 3.8) is 0 Å². The number of carbonyl (C=O) groups excluding carboxylic acids is 2. The second-order valence-electron chi connectivity index (χ2n) is 4.99. The van der Waals surface area contributed by atoms with Gasteiger partial charge in [-0.2, -0.15) is 0 Å². The van der Waals surface area contributed by atoms with Crippen molar-refractivity contribution in [3.8, 4) is 11.5 Å². The number of phenols is 1. The summed E-state index contributed by atoms with van der Waals surface area (Å²) in [7, 11) is 1.48. The molecule has 112 valence electrons. The van der Waals surface area contributed by atoms with Crippen molar-refractivity contribution in [2.45, 2.75) is 12.5 Å². The highest BCUT2D eigenvalue weighted by molar-refractivity contribution is 6.01.